The predicted molar refractivity (Wildman–Crippen MR) is 66.8 cm³/mol. The summed E-state index contributed by atoms with van der Waals surface area (Å²) < 4.78 is 5.39. The number of nitrogens with two attached hydrogens (primary N) is 1. The van der Waals surface area contributed by atoms with Crippen molar-refractivity contribution in [2.75, 3.05) is 19.8 Å². The Morgan fingerprint density at radius 3 is 2.44 bits per heavy atom. The highest BCUT2D eigenvalue weighted by Gasteiger charge is 2.24. The summed E-state index contributed by atoms with van der Waals surface area (Å²) in [5.74, 6) is 1.10. The predicted octanol–water partition coefficient (Wildman–Crippen LogP) is 2.81. The van der Waals surface area contributed by atoms with Crippen LogP contribution in [-0.4, -0.2) is 19.8 Å². The van der Waals surface area contributed by atoms with Crippen molar-refractivity contribution in [1.82, 2.24) is 0 Å². The SMILES string of the molecule is NCC(c1ccc(Cl)cc1)C1CCOCC1. The van der Waals surface area contributed by atoms with Crippen LogP contribution in [0.4, 0.5) is 0 Å². The Labute approximate surface area is 102 Å². The van der Waals surface area contributed by atoms with Crippen molar-refractivity contribution < 1.29 is 4.74 Å². The molecule has 0 radical (unpaired) electrons. The molecule has 1 aromatic rings. The lowest BCUT2D eigenvalue weighted by Crippen LogP contribution is -2.27. The average molecular weight is 240 g/mol. The third-order valence-corrected chi connectivity index (χ3v) is 3.64. The summed E-state index contributed by atoms with van der Waals surface area (Å²) in [6.45, 7) is 2.44. The molecule has 0 amide bonds. The molecule has 1 aliphatic heterocycles. The van der Waals surface area contributed by atoms with Gasteiger partial charge in [-0.1, -0.05) is 23.7 Å². The van der Waals surface area contributed by atoms with E-state index in [4.69, 9.17) is 22.1 Å². The highest BCUT2D eigenvalue weighted by atomic mass is 35.5. The van der Waals surface area contributed by atoms with Gasteiger partial charge >= 0.3 is 0 Å². The van der Waals surface area contributed by atoms with Crippen molar-refractivity contribution in [1.29, 1.82) is 0 Å². The van der Waals surface area contributed by atoms with E-state index in [0.29, 0.717) is 18.4 Å². The summed E-state index contributed by atoms with van der Waals surface area (Å²) in [6, 6.07) is 8.07. The van der Waals surface area contributed by atoms with Gasteiger partial charge in [0, 0.05) is 18.2 Å². The Morgan fingerprint density at radius 1 is 1.25 bits per heavy atom. The molecule has 1 heterocycles. The molecule has 0 saturated carbocycles. The van der Waals surface area contributed by atoms with Gasteiger partial charge in [0.1, 0.15) is 0 Å². The highest BCUT2D eigenvalue weighted by Crippen LogP contribution is 2.31. The zero-order valence-corrected chi connectivity index (χ0v) is 10.1. The molecule has 0 bridgehead atoms. The zero-order chi connectivity index (χ0) is 11.4. The van der Waals surface area contributed by atoms with Crippen molar-refractivity contribution in [3.63, 3.8) is 0 Å². The minimum Gasteiger partial charge on any atom is -0.381 e. The quantitative estimate of drug-likeness (QED) is 0.881. The molecule has 2 rings (SSSR count). The topological polar surface area (TPSA) is 35.2 Å². The number of rotatable bonds is 3. The lowest BCUT2D eigenvalue weighted by molar-refractivity contribution is 0.0586. The van der Waals surface area contributed by atoms with Crippen molar-refractivity contribution in [3.8, 4) is 0 Å². The molecular weight excluding hydrogens is 222 g/mol. The molecule has 1 aliphatic rings. The average Bonchev–Trinajstić information content (AvgIpc) is 2.34. The first kappa shape index (κ1) is 11.9. The maximum absolute atomic E-state index is 5.90. The third kappa shape index (κ3) is 2.76. The summed E-state index contributed by atoms with van der Waals surface area (Å²) in [7, 11) is 0. The van der Waals surface area contributed by atoms with Crippen molar-refractivity contribution in [3.05, 3.63) is 34.9 Å². The Balaban J connectivity index is 2.11. The van der Waals surface area contributed by atoms with Gasteiger partial charge in [-0.05, 0) is 48.9 Å². The van der Waals surface area contributed by atoms with Gasteiger partial charge in [-0.25, -0.2) is 0 Å². The van der Waals surface area contributed by atoms with E-state index < -0.39 is 0 Å². The molecule has 0 spiro atoms. The first-order valence-corrected chi connectivity index (χ1v) is 6.22. The van der Waals surface area contributed by atoms with Gasteiger partial charge in [-0.15, -0.1) is 0 Å². The minimum atomic E-state index is 0.446. The summed E-state index contributed by atoms with van der Waals surface area (Å²) in [6.07, 6.45) is 2.23. The van der Waals surface area contributed by atoms with E-state index in [-0.39, 0.29) is 0 Å². The fraction of sp³-hybridized carbons (Fsp3) is 0.538. The molecule has 3 heteroatoms. The Bertz CT molecular complexity index is 319. The standard InChI is InChI=1S/C13H18ClNO/c14-12-3-1-10(2-4-12)13(9-15)11-5-7-16-8-6-11/h1-4,11,13H,5-9,15H2. The van der Waals surface area contributed by atoms with E-state index in [1.54, 1.807) is 0 Å². The fourth-order valence-corrected chi connectivity index (χ4v) is 2.55. The van der Waals surface area contributed by atoms with Crippen LogP contribution in [0.25, 0.3) is 0 Å². The van der Waals surface area contributed by atoms with Gasteiger partial charge < -0.3 is 10.5 Å². The van der Waals surface area contributed by atoms with Crippen LogP contribution in [0.2, 0.25) is 5.02 Å². The van der Waals surface area contributed by atoms with Gasteiger partial charge in [0.2, 0.25) is 0 Å². The number of hydrogen-bond donors (Lipinski definition) is 1. The first-order chi connectivity index (χ1) is 7.81. The van der Waals surface area contributed by atoms with Crippen LogP contribution >= 0.6 is 11.6 Å². The maximum Gasteiger partial charge on any atom is 0.0468 e. The molecule has 1 saturated heterocycles. The molecule has 2 nitrogen and oxygen atoms in total. The number of halogens is 1. The van der Waals surface area contributed by atoms with Crippen LogP contribution in [-0.2, 0) is 4.74 Å². The van der Waals surface area contributed by atoms with Crippen LogP contribution in [0.5, 0.6) is 0 Å². The van der Waals surface area contributed by atoms with Gasteiger partial charge in [0.05, 0.1) is 0 Å². The number of ether oxygens (including phenoxy) is 1. The van der Waals surface area contributed by atoms with Gasteiger partial charge in [-0.2, -0.15) is 0 Å². The zero-order valence-electron chi connectivity index (χ0n) is 9.36. The van der Waals surface area contributed by atoms with E-state index in [1.165, 1.54) is 5.56 Å². The monoisotopic (exact) mass is 239 g/mol. The Kier molecular flexibility index (Phi) is 4.22. The van der Waals surface area contributed by atoms with Crippen LogP contribution in [0, 0.1) is 5.92 Å². The van der Waals surface area contributed by atoms with Crippen LogP contribution in [0.3, 0.4) is 0 Å². The van der Waals surface area contributed by atoms with E-state index in [0.717, 1.165) is 31.1 Å². The fourth-order valence-electron chi connectivity index (χ4n) is 2.43. The summed E-state index contributed by atoms with van der Waals surface area (Å²) in [5.41, 5.74) is 7.20. The Morgan fingerprint density at radius 2 is 1.88 bits per heavy atom. The van der Waals surface area contributed by atoms with Crippen LogP contribution < -0.4 is 5.73 Å². The van der Waals surface area contributed by atoms with E-state index >= 15 is 0 Å². The van der Waals surface area contributed by atoms with Gasteiger partial charge in [0.15, 0.2) is 0 Å². The summed E-state index contributed by atoms with van der Waals surface area (Å²) in [4.78, 5) is 0. The second-order valence-electron chi connectivity index (χ2n) is 4.34. The van der Waals surface area contributed by atoms with E-state index in [2.05, 4.69) is 12.1 Å². The second kappa shape index (κ2) is 5.67. The molecule has 1 fully saturated rings. The van der Waals surface area contributed by atoms with Crippen molar-refractivity contribution in [2.45, 2.75) is 18.8 Å². The molecule has 1 unspecified atom stereocenters. The number of hydrogen-bond acceptors (Lipinski definition) is 2. The third-order valence-electron chi connectivity index (χ3n) is 3.39. The van der Waals surface area contributed by atoms with Gasteiger partial charge in [-0.3, -0.25) is 0 Å². The molecule has 1 aromatic carbocycles. The largest absolute Gasteiger partial charge is 0.381 e. The lowest BCUT2D eigenvalue weighted by Gasteiger charge is -2.29. The molecule has 0 aliphatic carbocycles. The van der Waals surface area contributed by atoms with E-state index in [9.17, 15) is 0 Å². The molecule has 1 atom stereocenters. The van der Waals surface area contributed by atoms with Crippen LogP contribution in [0.1, 0.15) is 24.3 Å². The normalized spacial score (nSPS) is 19.6. The molecule has 2 N–H and O–H groups in total. The van der Waals surface area contributed by atoms with Crippen LogP contribution in [0.15, 0.2) is 24.3 Å². The number of benzene rings is 1. The highest BCUT2D eigenvalue weighted by molar-refractivity contribution is 6.30. The molecule has 88 valence electrons. The molecular formula is C13H18ClNO. The van der Waals surface area contributed by atoms with Crippen molar-refractivity contribution in [2.24, 2.45) is 11.7 Å². The molecule has 0 aromatic heterocycles. The maximum atomic E-state index is 5.90. The minimum absolute atomic E-state index is 0.446. The lowest BCUT2D eigenvalue weighted by atomic mass is 9.81. The Hall–Kier alpha value is -0.570. The first-order valence-electron chi connectivity index (χ1n) is 5.84. The summed E-state index contributed by atoms with van der Waals surface area (Å²) >= 11 is 5.89. The summed E-state index contributed by atoms with van der Waals surface area (Å²) in [5, 5.41) is 0.784. The van der Waals surface area contributed by atoms with Crippen molar-refractivity contribution >= 4 is 11.6 Å². The second-order valence-corrected chi connectivity index (χ2v) is 4.78. The molecule has 16 heavy (non-hydrogen) atoms. The van der Waals surface area contributed by atoms with Gasteiger partial charge in [0.25, 0.3) is 0 Å². The smallest absolute Gasteiger partial charge is 0.0468 e. The van der Waals surface area contributed by atoms with E-state index in [1.807, 2.05) is 12.1 Å².